The highest BCUT2D eigenvalue weighted by Crippen LogP contribution is 2.33. The Morgan fingerprint density at radius 1 is 1.44 bits per heavy atom. The monoisotopic (exact) mass is 250 g/mol. The van der Waals surface area contributed by atoms with Gasteiger partial charge < -0.3 is 10.4 Å². The topological polar surface area (TPSA) is 35.5 Å². The molecule has 0 radical (unpaired) electrons. The molecule has 4 heteroatoms. The van der Waals surface area contributed by atoms with Gasteiger partial charge in [-0.25, -0.2) is 4.39 Å². The molecule has 2 aliphatic heterocycles. The number of halogens is 1. The second kappa shape index (κ2) is 4.52. The van der Waals surface area contributed by atoms with Gasteiger partial charge in [-0.05, 0) is 49.5 Å². The summed E-state index contributed by atoms with van der Waals surface area (Å²) in [6, 6.07) is 5.22. The first kappa shape index (κ1) is 11.9. The number of benzene rings is 1. The zero-order valence-corrected chi connectivity index (χ0v) is 10.6. The number of rotatable bonds is 2. The van der Waals surface area contributed by atoms with Gasteiger partial charge in [-0.1, -0.05) is 6.07 Å². The molecule has 3 nitrogen and oxygen atoms in total. The lowest BCUT2D eigenvalue weighted by molar-refractivity contribution is 0.231. The number of phenols is 1. The highest BCUT2D eigenvalue weighted by Gasteiger charge is 2.41. The van der Waals surface area contributed by atoms with E-state index < -0.39 is 5.82 Å². The van der Waals surface area contributed by atoms with E-state index in [2.05, 4.69) is 17.1 Å². The quantitative estimate of drug-likeness (QED) is 0.836. The van der Waals surface area contributed by atoms with E-state index in [1.54, 1.807) is 6.07 Å². The number of likely N-dealkylation sites (tertiary alicyclic amines) is 1. The lowest BCUT2D eigenvalue weighted by atomic mass is 9.95. The molecular formula is C14H19FN2O. The molecule has 2 saturated heterocycles. The highest BCUT2D eigenvalue weighted by atomic mass is 19.1. The average Bonchev–Trinajstić information content (AvgIpc) is 2.89. The van der Waals surface area contributed by atoms with Crippen LogP contribution in [-0.4, -0.2) is 35.7 Å². The van der Waals surface area contributed by atoms with Gasteiger partial charge in [0.15, 0.2) is 11.6 Å². The number of phenolic OH excluding ortho intramolecular Hbond substituents is 1. The van der Waals surface area contributed by atoms with Gasteiger partial charge in [0.05, 0.1) is 0 Å². The van der Waals surface area contributed by atoms with E-state index in [4.69, 9.17) is 0 Å². The smallest absolute Gasteiger partial charge is 0.165 e. The van der Waals surface area contributed by atoms with Crippen LogP contribution in [0.1, 0.15) is 12.5 Å². The Labute approximate surface area is 107 Å². The van der Waals surface area contributed by atoms with Crippen LogP contribution in [0.5, 0.6) is 5.75 Å². The molecular weight excluding hydrogens is 231 g/mol. The summed E-state index contributed by atoms with van der Waals surface area (Å²) in [4.78, 5) is 2.42. The molecule has 1 aromatic carbocycles. The third kappa shape index (κ3) is 1.99. The van der Waals surface area contributed by atoms with Crippen LogP contribution in [0.25, 0.3) is 0 Å². The lowest BCUT2D eigenvalue weighted by Crippen LogP contribution is -2.32. The first-order valence-corrected chi connectivity index (χ1v) is 6.57. The fourth-order valence-corrected chi connectivity index (χ4v) is 3.35. The Balaban J connectivity index is 1.71. The van der Waals surface area contributed by atoms with E-state index in [-0.39, 0.29) is 5.75 Å². The second-order valence-electron chi connectivity index (χ2n) is 5.54. The molecule has 0 saturated carbocycles. The van der Waals surface area contributed by atoms with Crippen molar-refractivity contribution < 1.29 is 9.50 Å². The van der Waals surface area contributed by atoms with Gasteiger partial charge in [0.25, 0.3) is 0 Å². The van der Waals surface area contributed by atoms with Crippen LogP contribution in [-0.2, 0) is 6.54 Å². The van der Waals surface area contributed by atoms with E-state index in [1.165, 1.54) is 12.1 Å². The number of hydrogen-bond acceptors (Lipinski definition) is 3. The fraction of sp³-hybridized carbons (Fsp3) is 0.571. The van der Waals surface area contributed by atoms with Crippen molar-refractivity contribution in [3.63, 3.8) is 0 Å². The Hall–Kier alpha value is -1.13. The number of fused-ring (bicyclic) bond motifs is 1. The van der Waals surface area contributed by atoms with E-state index in [0.717, 1.165) is 43.6 Å². The van der Waals surface area contributed by atoms with Gasteiger partial charge in [-0.3, -0.25) is 4.90 Å². The van der Waals surface area contributed by atoms with Crippen LogP contribution in [0.15, 0.2) is 18.2 Å². The standard InChI is InChI=1S/C14H19FN2O/c1-9-12-6-16-5-11(12)8-17(9)7-10-2-3-14(18)13(15)4-10/h2-4,9,11-12,16,18H,5-8H2,1H3. The predicted molar refractivity (Wildman–Crippen MR) is 67.8 cm³/mol. The largest absolute Gasteiger partial charge is 0.505 e. The summed E-state index contributed by atoms with van der Waals surface area (Å²) >= 11 is 0. The molecule has 0 amide bonds. The van der Waals surface area contributed by atoms with Crippen molar-refractivity contribution in [1.82, 2.24) is 10.2 Å². The normalized spacial score (nSPS) is 31.8. The van der Waals surface area contributed by atoms with Gasteiger partial charge in [-0.15, -0.1) is 0 Å². The van der Waals surface area contributed by atoms with Gasteiger partial charge in [0.2, 0.25) is 0 Å². The summed E-state index contributed by atoms with van der Waals surface area (Å²) in [5, 5.41) is 12.6. The highest BCUT2D eigenvalue weighted by molar-refractivity contribution is 5.28. The van der Waals surface area contributed by atoms with E-state index in [9.17, 15) is 9.50 Å². The Morgan fingerprint density at radius 2 is 2.28 bits per heavy atom. The summed E-state index contributed by atoms with van der Waals surface area (Å²) in [6.07, 6.45) is 0. The van der Waals surface area contributed by atoms with E-state index in [1.807, 2.05) is 0 Å². The van der Waals surface area contributed by atoms with Gasteiger partial charge >= 0.3 is 0 Å². The van der Waals surface area contributed by atoms with Crippen LogP contribution >= 0.6 is 0 Å². The van der Waals surface area contributed by atoms with Crippen LogP contribution in [0.2, 0.25) is 0 Å². The van der Waals surface area contributed by atoms with E-state index in [0.29, 0.717) is 6.04 Å². The number of nitrogens with one attached hydrogen (secondary N) is 1. The molecule has 18 heavy (non-hydrogen) atoms. The third-order valence-corrected chi connectivity index (χ3v) is 4.45. The predicted octanol–water partition coefficient (Wildman–Crippen LogP) is 1.57. The van der Waals surface area contributed by atoms with Crippen molar-refractivity contribution >= 4 is 0 Å². The average molecular weight is 250 g/mol. The van der Waals surface area contributed by atoms with Crippen LogP contribution in [0.3, 0.4) is 0 Å². The molecule has 0 aliphatic carbocycles. The Morgan fingerprint density at radius 3 is 3.00 bits per heavy atom. The molecule has 2 heterocycles. The van der Waals surface area contributed by atoms with Crippen molar-refractivity contribution in [3.8, 4) is 5.75 Å². The Bertz CT molecular complexity index is 451. The van der Waals surface area contributed by atoms with Crippen molar-refractivity contribution in [2.75, 3.05) is 19.6 Å². The first-order chi connectivity index (χ1) is 8.65. The van der Waals surface area contributed by atoms with Crippen LogP contribution in [0, 0.1) is 17.7 Å². The summed E-state index contributed by atoms with van der Waals surface area (Å²) < 4.78 is 13.3. The minimum absolute atomic E-state index is 0.269. The maximum absolute atomic E-state index is 13.3. The second-order valence-corrected chi connectivity index (χ2v) is 5.54. The Kier molecular flexibility index (Phi) is 2.99. The third-order valence-electron chi connectivity index (χ3n) is 4.45. The zero-order valence-electron chi connectivity index (χ0n) is 10.6. The maximum Gasteiger partial charge on any atom is 0.165 e. The maximum atomic E-state index is 13.3. The molecule has 0 aromatic heterocycles. The van der Waals surface area contributed by atoms with Crippen molar-refractivity contribution in [3.05, 3.63) is 29.6 Å². The van der Waals surface area contributed by atoms with Crippen molar-refractivity contribution in [1.29, 1.82) is 0 Å². The molecule has 1 aromatic rings. The molecule has 0 bridgehead atoms. The number of hydrogen-bond donors (Lipinski definition) is 2. The summed E-state index contributed by atoms with van der Waals surface area (Å²) in [5.74, 6) is 0.671. The molecule has 3 atom stereocenters. The van der Waals surface area contributed by atoms with Crippen molar-refractivity contribution in [2.24, 2.45) is 11.8 Å². The van der Waals surface area contributed by atoms with Crippen molar-refractivity contribution in [2.45, 2.75) is 19.5 Å². The summed E-state index contributed by atoms with van der Waals surface area (Å²) in [6.45, 7) is 6.32. The van der Waals surface area contributed by atoms with Crippen LogP contribution < -0.4 is 5.32 Å². The number of nitrogens with zero attached hydrogens (tertiary/aromatic N) is 1. The van der Waals surface area contributed by atoms with Gasteiger partial charge in [0.1, 0.15) is 0 Å². The molecule has 3 rings (SSSR count). The molecule has 98 valence electrons. The fourth-order valence-electron chi connectivity index (χ4n) is 3.35. The lowest BCUT2D eigenvalue weighted by Gasteiger charge is -2.24. The van der Waals surface area contributed by atoms with Gasteiger partial charge in [-0.2, -0.15) is 0 Å². The molecule has 2 aliphatic rings. The molecule has 0 spiro atoms. The van der Waals surface area contributed by atoms with E-state index >= 15 is 0 Å². The summed E-state index contributed by atoms with van der Waals surface area (Å²) in [5.41, 5.74) is 0.935. The molecule has 2 fully saturated rings. The number of aromatic hydroxyl groups is 1. The molecule has 3 unspecified atom stereocenters. The zero-order chi connectivity index (χ0) is 12.7. The summed E-state index contributed by atoms with van der Waals surface area (Å²) in [7, 11) is 0. The van der Waals surface area contributed by atoms with Crippen LogP contribution in [0.4, 0.5) is 4.39 Å². The minimum Gasteiger partial charge on any atom is -0.505 e. The molecule has 2 N–H and O–H groups in total. The van der Waals surface area contributed by atoms with Gasteiger partial charge in [0, 0.05) is 19.1 Å². The minimum atomic E-state index is -0.527. The first-order valence-electron chi connectivity index (χ1n) is 6.57. The SMILES string of the molecule is CC1C2CNCC2CN1Cc1ccc(O)c(F)c1.